The highest BCUT2D eigenvalue weighted by Gasteiger charge is 2.38. The Kier molecular flexibility index (Phi) is 9.82. The minimum atomic E-state index is -5.08. The molecule has 2 unspecified atom stereocenters. The lowest BCUT2D eigenvalue weighted by molar-refractivity contribution is -0.192. The lowest BCUT2D eigenvalue weighted by Crippen LogP contribution is -2.35. The first-order valence-corrected chi connectivity index (χ1v) is 13.9. The molecule has 2 aromatic carbocycles. The Bertz CT molecular complexity index is 1430. The molecule has 4 N–H and O–H groups in total. The fraction of sp³-hybridized carbons (Fsp3) is 0.320. The average molecular weight is 601 g/mol. The van der Waals surface area contributed by atoms with Crippen molar-refractivity contribution in [3.63, 3.8) is 0 Å². The summed E-state index contributed by atoms with van der Waals surface area (Å²) in [7, 11) is -2.24. The molecule has 2 heterocycles. The molecule has 0 amide bonds. The Labute approximate surface area is 234 Å². The molecule has 4 rings (SSSR count). The molecular formula is C25H28ClF3N6O4S. The summed E-state index contributed by atoms with van der Waals surface area (Å²) in [6.07, 6.45) is -1.63. The molecule has 1 saturated heterocycles. The number of rotatable bonds is 7. The number of anilines is 5. The van der Waals surface area contributed by atoms with Gasteiger partial charge in [-0.15, -0.1) is 0 Å². The van der Waals surface area contributed by atoms with Crippen molar-refractivity contribution in [1.82, 2.24) is 14.7 Å². The fourth-order valence-electron chi connectivity index (χ4n) is 4.17. The van der Waals surface area contributed by atoms with Crippen LogP contribution < -0.4 is 20.3 Å². The van der Waals surface area contributed by atoms with E-state index in [1.807, 2.05) is 18.2 Å². The van der Waals surface area contributed by atoms with Crippen LogP contribution in [0, 0.1) is 0 Å². The van der Waals surface area contributed by atoms with Crippen molar-refractivity contribution < 1.29 is 31.5 Å². The maximum atomic E-state index is 12.9. The quantitative estimate of drug-likeness (QED) is 0.276. The molecule has 0 radical (unpaired) electrons. The smallest absolute Gasteiger partial charge is 0.475 e. The van der Waals surface area contributed by atoms with Gasteiger partial charge in [0.15, 0.2) is 0 Å². The minimum absolute atomic E-state index is 0.210. The van der Waals surface area contributed by atoms with Gasteiger partial charge in [0, 0.05) is 28.9 Å². The summed E-state index contributed by atoms with van der Waals surface area (Å²) < 4.78 is 59.9. The number of sulfonamides is 1. The van der Waals surface area contributed by atoms with Crippen LogP contribution in [0.15, 0.2) is 59.8 Å². The van der Waals surface area contributed by atoms with Crippen LogP contribution >= 0.6 is 11.6 Å². The molecule has 15 heteroatoms. The highest BCUT2D eigenvalue weighted by molar-refractivity contribution is 7.89. The van der Waals surface area contributed by atoms with Crippen LogP contribution in [0.25, 0.3) is 0 Å². The van der Waals surface area contributed by atoms with Gasteiger partial charge in [-0.05, 0) is 70.1 Å². The van der Waals surface area contributed by atoms with Crippen LogP contribution in [0.2, 0.25) is 5.02 Å². The lowest BCUT2D eigenvalue weighted by Gasteiger charge is -2.32. The maximum absolute atomic E-state index is 12.9. The predicted octanol–water partition coefficient (Wildman–Crippen LogP) is 5.54. The molecule has 1 aliphatic heterocycles. The van der Waals surface area contributed by atoms with Gasteiger partial charge in [-0.3, -0.25) is 0 Å². The zero-order valence-electron chi connectivity index (χ0n) is 21.7. The van der Waals surface area contributed by atoms with E-state index < -0.39 is 22.2 Å². The fourth-order valence-corrected chi connectivity index (χ4v) is 5.24. The van der Waals surface area contributed by atoms with E-state index in [1.165, 1.54) is 13.4 Å². The minimum Gasteiger partial charge on any atom is -0.475 e. The van der Waals surface area contributed by atoms with E-state index in [2.05, 4.69) is 44.1 Å². The summed E-state index contributed by atoms with van der Waals surface area (Å²) in [4.78, 5) is 19.9. The molecule has 0 aliphatic carbocycles. The largest absolute Gasteiger partial charge is 0.490 e. The molecule has 2 atom stereocenters. The lowest BCUT2D eigenvalue weighted by atomic mass is 10.2. The average Bonchev–Trinajstić information content (AvgIpc) is 3.22. The molecule has 1 aliphatic rings. The zero-order valence-corrected chi connectivity index (χ0v) is 23.3. The zero-order chi connectivity index (χ0) is 29.7. The molecule has 1 aromatic heterocycles. The number of aromatic nitrogens is 2. The summed E-state index contributed by atoms with van der Waals surface area (Å²) >= 11 is 5.96. The molecule has 10 nitrogen and oxygen atoms in total. The van der Waals surface area contributed by atoms with Crippen molar-refractivity contribution in [2.75, 3.05) is 22.6 Å². The van der Waals surface area contributed by atoms with Crippen LogP contribution in [0.3, 0.4) is 0 Å². The van der Waals surface area contributed by atoms with Gasteiger partial charge in [-0.25, -0.2) is 27.9 Å². The van der Waals surface area contributed by atoms with Gasteiger partial charge in [0.05, 0.1) is 11.4 Å². The first kappa shape index (κ1) is 30.9. The highest BCUT2D eigenvalue weighted by atomic mass is 35.5. The van der Waals surface area contributed by atoms with Gasteiger partial charge in [0.1, 0.15) is 22.9 Å². The number of para-hydroxylation sites is 1. The van der Waals surface area contributed by atoms with Crippen LogP contribution in [0.4, 0.5) is 41.9 Å². The number of carbonyl (C=O) groups is 1. The summed E-state index contributed by atoms with van der Waals surface area (Å²) in [5, 5.41) is 14.3. The molecule has 3 aromatic rings. The van der Waals surface area contributed by atoms with Gasteiger partial charge in [-0.1, -0.05) is 17.7 Å². The molecule has 0 bridgehead atoms. The third-order valence-electron chi connectivity index (χ3n) is 6.06. The molecule has 1 fully saturated rings. The van der Waals surface area contributed by atoms with E-state index in [9.17, 15) is 21.6 Å². The second kappa shape index (κ2) is 12.7. The molecule has 0 saturated carbocycles. The first-order valence-electron chi connectivity index (χ1n) is 12.0. The second-order valence-electron chi connectivity index (χ2n) is 8.89. The monoisotopic (exact) mass is 600 g/mol. The molecule has 0 spiro atoms. The first-order chi connectivity index (χ1) is 18.7. The van der Waals surface area contributed by atoms with Crippen molar-refractivity contribution in [3.8, 4) is 0 Å². The summed E-state index contributed by atoms with van der Waals surface area (Å²) in [6.45, 7) is 4.24. The number of aliphatic carboxylic acids is 1. The van der Waals surface area contributed by atoms with Gasteiger partial charge in [-0.2, -0.15) is 13.2 Å². The SMILES string of the molecule is CNS(=O)(=O)c1cccc(Nc2cc(Nc3ccc(Cl)cc3)ncn2)c1N1C(C)CCC1C.O=C(O)C(F)(F)F. The Balaban J connectivity index is 0.000000559. The molecular weight excluding hydrogens is 573 g/mol. The number of alkyl halides is 3. The third-order valence-corrected chi connectivity index (χ3v) is 7.75. The number of nitrogens with one attached hydrogen (secondary N) is 3. The number of hydrogen-bond acceptors (Lipinski definition) is 8. The number of halogens is 4. The van der Waals surface area contributed by atoms with Crippen LogP contribution in [-0.4, -0.2) is 54.8 Å². The highest BCUT2D eigenvalue weighted by Crippen LogP contribution is 2.41. The number of carboxylic acid groups (broad SMARTS) is 1. The van der Waals surface area contributed by atoms with E-state index in [4.69, 9.17) is 21.5 Å². The van der Waals surface area contributed by atoms with Crippen molar-refractivity contribution in [3.05, 3.63) is 59.9 Å². The molecule has 40 heavy (non-hydrogen) atoms. The summed E-state index contributed by atoms with van der Waals surface area (Å²) in [6, 6.07) is 14.7. The van der Waals surface area contributed by atoms with E-state index in [-0.39, 0.29) is 17.0 Å². The standard InChI is InChI=1S/C23H27ClN6O2S.C2HF3O2/c1-15-7-8-16(2)30(15)23-19(5-4-6-20(23)33(31,32)25-3)29-22-13-21(26-14-27-22)28-18-11-9-17(24)10-12-18;3-2(4,5)1(6)7/h4-6,9-16,25H,7-8H2,1-3H3,(H2,26,27,28,29);(H,6,7). The van der Waals surface area contributed by atoms with Gasteiger partial charge in [0.25, 0.3) is 0 Å². The molecule has 216 valence electrons. The Morgan fingerprint density at radius 3 is 2.10 bits per heavy atom. The summed E-state index contributed by atoms with van der Waals surface area (Å²) in [5.74, 6) is -1.62. The van der Waals surface area contributed by atoms with Crippen molar-refractivity contribution in [2.24, 2.45) is 0 Å². The normalized spacial score (nSPS) is 17.1. The van der Waals surface area contributed by atoms with Gasteiger partial charge < -0.3 is 20.6 Å². The number of nitrogens with zero attached hydrogens (tertiary/aromatic N) is 3. The van der Waals surface area contributed by atoms with Crippen molar-refractivity contribution in [2.45, 2.75) is 49.8 Å². The van der Waals surface area contributed by atoms with E-state index in [0.29, 0.717) is 28.0 Å². The Morgan fingerprint density at radius 1 is 1.02 bits per heavy atom. The van der Waals surface area contributed by atoms with Crippen LogP contribution in [0.5, 0.6) is 0 Å². The second-order valence-corrected chi connectivity index (χ2v) is 11.2. The maximum Gasteiger partial charge on any atom is 0.490 e. The predicted molar refractivity (Wildman–Crippen MR) is 147 cm³/mol. The van der Waals surface area contributed by atoms with Gasteiger partial charge in [0.2, 0.25) is 10.0 Å². The van der Waals surface area contributed by atoms with Crippen molar-refractivity contribution >= 4 is 56.3 Å². The number of carboxylic acids is 1. The van der Waals surface area contributed by atoms with E-state index >= 15 is 0 Å². The topological polar surface area (TPSA) is 137 Å². The van der Waals surface area contributed by atoms with Crippen LogP contribution in [-0.2, 0) is 14.8 Å². The number of hydrogen-bond donors (Lipinski definition) is 4. The third kappa shape index (κ3) is 7.73. The van der Waals surface area contributed by atoms with Crippen molar-refractivity contribution in [1.29, 1.82) is 0 Å². The van der Waals surface area contributed by atoms with E-state index in [0.717, 1.165) is 18.5 Å². The summed E-state index contributed by atoms with van der Waals surface area (Å²) in [5.41, 5.74) is 2.16. The Morgan fingerprint density at radius 2 is 1.57 bits per heavy atom. The number of benzene rings is 2. The van der Waals surface area contributed by atoms with Crippen LogP contribution in [0.1, 0.15) is 26.7 Å². The Hall–Kier alpha value is -3.62. The van der Waals surface area contributed by atoms with Gasteiger partial charge >= 0.3 is 12.1 Å². The van der Waals surface area contributed by atoms with E-state index in [1.54, 1.807) is 30.3 Å².